The van der Waals surface area contributed by atoms with Crippen LogP contribution in [-0.2, 0) is 14.3 Å². The second kappa shape index (κ2) is 6.86. The summed E-state index contributed by atoms with van der Waals surface area (Å²) >= 11 is 1.55. The third-order valence-corrected chi connectivity index (χ3v) is 6.08. The number of aliphatic hydroxyl groups excluding tert-OH is 1. The number of thioether (sulfide) groups is 1. The zero-order valence-electron chi connectivity index (χ0n) is 14.3. The van der Waals surface area contributed by atoms with Crippen LogP contribution in [0.2, 0.25) is 0 Å². The summed E-state index contributed by atoms with van der Waals surface area (Å²) in [6.07, 6.45) is -0.927. The lowest BCUT2D eigenvalue weighted by Crippen LogP contribution is -2.73. The molecule has 0 saturated carbocycles. The van der Waals surface area contributed by atoms with Gasteiger partial charge in [0.05, 0.1) is 18.5 Å². The van der Waals surface area contributed by atoms with Crippen LogP contribution in [0, 0.1) is 0 Å². The Hall–Kier alpha value is -1.77. The molecule has 2 aliphatic rings. The minimum absolute atomic E-state index is 0.131. The number of nitrogens with zero attached hydrogens (tertiary/aromatic N) is 1. The zero-order chi connectivity index (χ0) is 18.2. The Balaban J connectivity index is 1.58. The molecule has 7 nitrogen and oxygen atoms in total. The van der Waals surface area contributed by atoms with E-state index in [0.717, 1.165) is 0 Å². The molecule has 0 radical (unpaired) electrons. The summed E-state index contributed by atoms with van der Waals surface area (Å²) in [5.74, 6) is -0.0840. The standard InChI is InChI=1S/C17H22N2O5S/c1-17(2)13(16(22)23-3)19-14(21)12(15(19)25-17)18-11(20)9-24-10-7-5-4-6-8-10/h4-8,12-15,21H,9H2,1-3H3,(H,18,20)/t12-,13+,14?,15-/m1/s1. The smallest absolute Gasteiger partial charge is 0.324 e. The Bertz CT molecular complexity index is 654. The molecule has 0 spiro atoms. The summed E-state index contributed by atoms with van der Waals surface area (Å²) in [5, 5.41) is 13.0. The molecule has 2 fully saturated rings. The number of para-hydroxylation sites is 1. The van der Waals surface area contributed by atoms with Crippen LogP contribution in [0.1, 0.15) is 13.8 Å². The first kappa shape index (κ1) is 18.0. The van der Waals surface area contributed by atoms with Crippen molar-refractivity contribution in [3.8, 4) is 5.75 Å². The fourth-order valence-corrected chi connectivity index (χ4v) is 4.98. The number of benzene rings is 1. The van der Waals surface area contributed by atoms with Gasteiger partial charge in [0.2, 0.25) is 0 Å². The van der Waals surface area contributed by atoms with Gasteiger partial charge in [0.15, 0.2) is 6.61 Å². The Morgan fingerprint density at radius 3 is 2.64 bits per heavy atom. The van der Waals surface area contributed by atoms with Gasteiger partial charge in [-0.05, 0) is 26.0 Å². The number of carbonyl (C=O) groups is 2. The van der Waals surface area contributed by atoms with Crippen LogP contribution in [0.5, 0.6) is 5.75 Å². The number of rotatable bonds is 5. The highest BCUT2D eigenvalue weighted by Crippen LogP contribution is 2.52. The van der Waals surface area contributed by atoms with Gasteiger partial charge in [0.1, 0.15) is 18.0 Å². The Morgan fingerprint density at radius 2 is 2.00 bits per heavy atom. The van der Waals surface area contributed by atoms with Crippen LogP contribution in [0.25, 0.3) is 0 Å². The van der Waals surface area contributed by atoms with E-state index in [0.29, 0.717) is 5.75 Å². The number of hydrogen-bond donors (Lipinski definition) is 2. The van der Waals surface area contributed by atoms with E-state index < -0.39 is 23.1 Å². The topological polar surface area (TPSA) is 88.1 Å². The number of nitrogens with one attached hydrogen (secondary N) is 1. The number of amides is 1. The molecule has 1 amide bonds. The number of methoxy groups -OCH3 is 1. The highest BCUT2D eigenvalue weighted by molar-refractivity contribution is 8.01. The van der Waals surface area contributed by atoms with Gasteiger partial charge in [-0.25, -0.2) is 4.90 Å². The lowest BCUT2D eigenvalue weighted by atomic mass is 9.95. The van der Waals surface area contributed by atoms with Crippen molar-refractivity contribution in [3.63, 3.8) is 0 Å². The molecule has 0 bridgehead atoms. The van der Waals surface area contributed by atoms with Gasteiger partial charge in [-0.3, -0.25) is 9.59 Å². The molecule has 3 rings (SSSR count). The maximum atomic E-state index is 12.1. The van der Waals surface area contributed by atoms with E-state index in [2.05, 4.69) is 5.32 Å². The molecule has 8 heteroatoms. The van der Waals surface area contributed by atoms with Gasteiger partial charge in [-0.1, -0.05) is 18.2 Å². The quantitative estimate of drug-likeness (QED) is 0.737. The summed E-state index contributed by atoms with van der Waals surface area (Å²) in [6.45, 7) is 3.73. The minimum atomic E-state index is -0.927. The third kappa shape index (κ3) is 3.33. The predicted molar refractivity (Wildman–Crippen MR) is 93.0 cm³/mol. The molecule has 0 aromatic heterocycles. The van der Waals surface area contributed by atoms with Gasteiger partial charge in [-0.15, -0.1) is 11.8 Å². The van der Waals surface area contributed by atoms with E-state index in [9.17, 15) is 14.7 Å². The highest BCUT2D eigenvalue weighted by Gasteiger charge is 2.64. The first-order valence-corrected chi connectivity index (χ1v) is 8.91. The van der Waals surface area contributed by atoms with Crippen molar-refractivity contribution in [2.45, 2.75) is 42.3 Å². The van der Waals surface area contributed by atoms with E-state index in [1.54, 1.807) is 28.8 Å². The summed E-state index contributed by atoms with van der Waals surface area (Å²) in [5.41, 5.74) is 0. The minimum Gasteiger partial charge on any atom is -0.484 e. The molecule has 2 saturated heterocycles. The van der Waals surface area contributed by atoms with Crippen molar-refractivity contribution in [1.82, 2.24) is 10.2 Å². The molecule has 2 aliphatic heterocycles. The van der Waals surface area contributed by atoms with E-state index >= 15 is 0 Å². The Kier molecular flexibility index (Phi) is 4.95. The van der Waals surface area contributed by atoms with Crippen LogP contribution >= 0.6 is 11.8 Å². The molecule has 2 N–H and O–H groups in total. The van der Waals surface area contributed by atoms with Gasteiger partial charge in [0, 0.05) is 4.75 Å². The summed E-state index contributed by atoms with van der Waals surface area (Å²) in [7, 11) is 1.34. The van der Waals surface area contributed by atoms with Crippen LogP contribution in [0.4, 0.5) is 0 Å². The monoisotopic (exact) mass is 366 g/mol. The van der Waals surface area contributed by atoms with Crippen molar-refractivity contribution in [3.05, 3.63) is 30.3 Å². The van der Waals surface area contributed by atoms with Gasteiger partial charge >= 0.3 is 5.97 Å². The predicted octanol–water partition coefficient (Wildman–Crippen LogP) is 0.577. The fourth-order valence-electron chi connectivity index (χ4n) is 3.29. The number of aliphatic hydroxyl groups is 1. The molecular formula is C17H22N2O5S. The fraction of sp³-hybridized carbons (Fsp3) is 0.529. The molecular weight excluding hydrogens is 344 g/mol. The van der Waals surface area contributed by atoms with Crippen LogP contribution in [0.3, 0.4) is 0 Å². The van der Waals surface area contributed by atoms with Crippen LogP contribution < -0.4 is 10.1 Å². The second-order valence-electron chi connectivity index (χ2n) is 6.59. The lowest BCUT2D eigenvalue weighted by molar-refractivity contribution is -0.173. The highest BCUT2D eigenvalue weighted by atomic mass is 32.2. The molecule has 4 atom stereocenters. The van der Waals surface area contributed by atoms with Gasteiger partial charge in [0.25, 0.3) is 5.91 Å². The number of esters is 1. The van der Waals surface area contributed by atoms with Crippen LogP contribution in [-0.4, -0.2) is 64.0 Å². The summed E-state index contributed by atoms with van der Waals surface area (Å²) in [4.78, 5) is 25.9. The normalized spacial score (nSPS) is 30.1. The number of fused-ring (bicyclic) bond motifs is 1. The van der Waals surface area contributed by atoms with E-state index in [1.807, 2.05) is 32.0 Å². The molecule has 1 aromatic carbocycles. The average molecular weight is 366 g/mol. The van der Waals surface area contributed by atoms with Crippen molar-refractivity contribution in [1.29, 1.82) is 0 Å². The van der Waals surface area contributed by atoms with Crippen molar-refractivity contribution >= 4 is 23.6 Å². The number of hydrogen-bond acceptors (Lipinski definition) is 7. The third-order valence-electron chi connectivity index (χ3n) is 4.47. The molecule has 2 heterocycles. The Morgan fingerprint density at radius 1 is 1.32 bits per heavy atom. The SMILES string of the molecule is COC(=O)[C@@H]1N2C(O)[C@@H](NC(=O)COc3ccccc3)[C@H]2SC1(C)C. The van der Waals surface area contributed by atoms with Crippen LogP contribution in [0.15, 0.2) is 30.3 Å². The summed E-state index contributed by atoms with van der Waals surface area (Å²) in [6, 6.07) is 8.05. The van der Waals surface area contributed by atoms with Crippen molar-refractivity contribution in [2.24, 2.45) is 0 Å². The number of carbonyl (C=O) groups excluding carboxylic acids is 2. The average Bonchev–Trinajstić information content (AvgIpc) is 2.86. The molecule has 1 aromatic rings. The molecule has 136 valence electrons. The first-order valence-electron chi connectivity index (χ1n) is 8.03. The van der Waals surface area contributed by atoms with Crippen molar-refractivity contribution in [2.75, 3.05) is 13.7 Å². The van der Waals surface area contributed by atoms with Crippen molar-refractivity contribution < 1.29 is 24.2 Å². The number of ether oxygens (including phenoxy) is 2. The van der Waals surface area contributed by atoms with E-state index in [1.165, 1.54) is 7.11 Å². The largest absolute Gasteiger partial charge is 0.484 e. The Labute approximate surface area is 150 Å². The molecule has 25 heavy (non-hydrogen) atoms. The van der Waals surface area contributed by atoms with E-state index in [-0.39, 0.29) is 23.9 Å². The zero-order valence-corrected chi connectivity index (χ0v) is 15.2. The lowest BCUT2D eigenvalue weighted by Gasteiger charge is -2.49. The molecule has 1 unspecified atom stereocenters. The van der Waals surface area contributed by atoms with Gasteiger partial charge < -0.3 is 19.9 Å². The maximum absolute atomic E-state index is 12.1. The second-order valence-corrected chi connectivity index (χ2v) is 8.36. The van der Waals surface area contributed by atoms with Gasteiger partial charge in [-0.2, -0.15) is 0 Å². The summed E-state index contributed by atoms with van der Waals surface area (Å²) < 4.78 is 9.86. The maximum Gasteiger partial charge on any atom is 0.324 e. The molecule has 0 aliphatic carbocycles. The van der Waals surface area contributed by atoms with E-state index in [4.69, 9.17) is 9.47 Å². The first-order chi connectivity index (χ1) is 11.8.